The summed E-state index contributed by atoms with van der Waals surface area (Å²) in [4.78, 5) is 14.4. The zero-order chi connectivity index (χ0) is 21.3. The van der Waals surface area contributed by atoms with E-state index in [0.29, 0.717) is 17.0 Å². The molecule has 0 saturated carbocycles. The van der Waals surface area contributed by atoms with Crippen LogP contribution in [0.5, 0.6) is 0 Å². The molecule has 2 heterocycles. The fraction of sp³-hybridized carbons (Fsp3) is 0.174. The summed E-state index contributed by atoms with van der Waals surface area (Å²) >= 11 is 1.64. The smallest absolute Gasteiger partial charge is 0.252 e. The molecule has 2 aromatic heterocycles. The number of hydrogen-bond donors (Lipinski definition) is 0. The number of fused-ring (bicyclic) bond motifs is 1. The van der Waals surface area contributed by atoms with Crippen molar-refractivity contribution in [1.82, 2.24) is 15.0 Å². The van der Waals surface area contributed by atoms with Crippen molar-refractivity contribution < 1.29 is 13.2 Å². The van der Waals surface area contributed by atoms with Crippen LogP contribution in [0.15, 0.2) is 65.7 Å². The highest BCUT2D eigenvalue weighted by Crippen LogP contribution is 2.36. The van der Waals surface area contributed by atoms with Crippen LogP contribution in [0.2, 0.25) is 0 Å². The fourth-order valence-corrected chi connectivity index (χ4v) is 4.05. The molecule has 0 spiro atoms. The Morgan fingerprint density at radius 1 is 0.933 bits per heavy atom. The summed E-state index contributed by atoms with van der Waals surface area (Å²) < 4.78 is 39.9. The monoisotopic (exact) mass is 425 g/mol. The zero-order valence-electron chi connectivity index (χ0n) is 16.4. The molecule has 30 heavy (non-hydrogen) atoms. The predicted octanol–water partition coefficient (Wildman–Crippen LogP) is 6.80. The first-order valence-electron chi connectivity index (χ1n) is 9.41. The minimum atomic E-state index is -4.49. The first-order valence-corrected chi connectivity index (χ1v) is 10.4. The standard InChI is InChI=1S/C23H18F3N3S/c1-3-30-19-11-7-6-10-17(19)22-28-18-12-15(23(24,25)26)13-27-21(18)20(29-22)16-9-5-4-8-14(16)2/h4-13H,3H2,1-2H3. The first kappa shape index (κ1) is 20.3. The number of benzene rings is 2. The molecule has 0 unspecified atom stereocenters. The number of nitrogens with zero attached hydrogens (tertiary/aromatic N) is 3. The van der Waals surface area contributed by atoms with Crippen molar-refractivity contribution in [3.05, 3.63) is 71.9 Å². The highest BCUT2D eigenvalue weighted by molar-refractivity contribution is 7.99. The van der Waals surface area contributed by atoms with Gasteiger partial charge in [0.05, 0.1) is 11.1 Å². The Morgan fingerprint density at radius 2 is 1.63 bits per heavy atom. The van der Waals surface area contributed by atoms with Crippen LogP contribution < -0.4 is 0 Å². The van der Waals surface area contributed by atoms with Crippen molar-refractivity contribution in [2.24, 2.45) is 0 Å². The molecule has 0 fully saturated rings. The van der Waals surface area contributed by atoms with Gasteiger partial charge in [0.2, 0.25) is 0 Å². The molecular formula is C23H18F3N3S. The molecule has 0 aliphatic carbocycles. The van der Waals surface area contributed by atoms with Gasteiger partial charge in [0.1, 0.15) is 11.2 Å². The van der Waals surface area contributed by atoms with Crippen LogP contribution in [-0.4, -0.2) is 20.7 Å². The predicted molar refractivity (Wildman–Crippen MR) is 114 cm³/mol. The average molecular weight is 425 g/mol. The summed E-state index contributed by atoms with van der Waals surface area (Å²) in [5.74, 6) is 1.24. The van der Waals surface area contributed by atoms with E-state index in [0.717, 1.165) is 39.6 Å². The zero-order valence-corrected chi connectivity index (χ0v) is 17.2. The molecule has 0 bridgehead atoms. The quantitative estimate of drug-likeness (QED) is 0.337. The van der Waals surface area contributed by atoms with E-state index in [-0.39, 0.29) is 5.52 Å². The third-order valence-electron chi connectivity index (χ3n) is 4.69. The summed E-state index contributed by atoms with van der Waals surface area (Å²) in [6, 6.07) is 16.3. The van der Waals surface area contributed by atoms with E-state index >= 15 is 0 Å². The Hall–Kier alpha value is -2.93. The van der Waals surface area contributed by atoms with E-state index in [1.54, 1.807) is 11.8 Å². The Kier molecular flexibility index (Phi) is 5.47. The van der Waals surface area contributed by atoms with Crippen molar-refractivity contribution >= 4 is 22.8 Å². The number of rotatable bonds is 4. The maximum absolute atomic E-state index is 13.3. The molecular weight excluding hydrogens is 407 g/mol. The maximum atomic E-state index is 13.3. The Morgan fingerprint density at radius 3 is 2.33 bits per heavy atom. The second-order valence-corrected chi connectivity index (χ2v) is 8.04. The van der Waals surface area contributed by atoms with Crippen LogP contribution in [0, 0.1) is 6.92 Å². The van der Waals surface area contributed by atoms with Gasteiger partial charge in [0.25, 0.3) is 0 Å². The maximum Gasteiger partial charge on any atom is 0.417 e. The molecule has 0 aliphatic rings. The van der Waals surface area contributed by atoms with Gasteiger partial charge in [-0.1, -0.05) is 49.4 Å². The van der Waals surface area contributed by atoms with E-state index in [1.165, 1.54) is 0 Å². The molecule has 2 aromatic carbocycles. The molecule has 0 amide bonds. The summed E-state index contributed by atoms with van der Waals surface area (Å²) in [6.07, 6.45) is -3.65. The Labute approximate surface area is 176 Å². The molecule has 4 aromatic rings. The highest BCUT2D eigenvalue weighted by Gasteiger charge is 2.31. The Bertz CT molecular complexity index is 1220. The number of pyridine rings is 1. The average Bonchev–Trinajstić information content (AvgIpc) is 2.73. The van der Waals surface area contributed by atoms with Crippen molar-refractivity contribution in [3.8, 4) is 22.6 Å². The van der Waals surface area contributed by atoms with Crippen molar-refractivity contribution in [1.29, 1.82) is 0 Å². The molecule has 152 valence electrons. The van der Waals surface area contributed by atoms with Gasteiger partial charge in [-0.05, 0) is 30.4 Å². The second kappa shape index (κ2) is 8.07. The number of halogens is 3. The summed E-state index contributed by atoms with van der Waals surface area (Å²) in [5, 5.41) is 0. The third kappa shape index (κ3) is 3.89. The van der Waals surface area contributed by atoms with Crippen molar-refractivity contribution in [3.63, 3.8) is 0 Å². The molecule has 0 atom stereocenters. The topological polar surface area (TPSA) is 38.7 Å². The van der Waals surface area contributed by atoms with E-state index in [9.17, 15) is 13.2 Å². The number of aromatic nitrogens is 3. The molecule has 3 nitrogen and oxygen atoms in total. The van der Waals surface area contributed by atoms with Gasteiger partial charge in [-0.2, -0.15) is 13.2 Å². The molecule has 0 saturated heterocycles. The number of alkyl halides is 3. The fourth-order valence-electron chi connectivity index (χ4n) is 3.25. The lowest BCUT2D eigenvalue weighted by Crippen LogP contribution is -2.07. The van der Waals surface area contributed by atoms with Gasteiger partial charge >= 0.3 is 6.18 Å². The summed E-state index contributed by atoms with van der Waals surface area (Å²) in [7, 11) is 0. The van der Waals surface area contributed by atoms with Crippen LogP contribution >= 0.6 is 11.8 Å². The minimum absolute atomic E-state index is 0.171. The van der Waals surface area contributed by atoms with Crippen LogP contribution in [0.4, 0.5) is 13.2 Å². The molecule has 4 rings (SSSR count). The van der Waals surface area contributed by atoms with Crippen molar-refractivity contribution in [2.45, 2.75) is 24.9 Å². The van der Waals surface area contributed by atoms with Crippen LogP contribution in [0.25, 0.3) is 33.7 Å². The van der Waals surface area contributed by atoms with Gasteiger partial charge in [-0.3, -0.25) is 4.98 Å². The van der Waals surface area contributed by atoms with Gasteiger partial charge in [-0.15, -0.1) is 11.8 Å². The van der Waals surface area contributed by atoms with E-state index in [4.69, 9.17) is 4.98 Å². The minimum Gasteiger partial charge on any atom is -0.252 e. The number of aryl methyl sites for hydroxylation is 1. The first-order chi connectivity index (χ1) is 14.4. The summed E-state index contributed by atoms with van der Waals surface area (Å²) in [5.41, 5.74) is 2.79. The van der Waals surface area contributed by atoms with Crippen LogP contribution in [-0.2, 0) is 6.18 Å². The van der Waals surface area contributed by atoms with Crippen LogP contribution in [0.3, 0.4) is 0 Å². The number of thioether (sulfide) groups is 1. The van der Waals surface area contributed by atoms with Gasteiger partial charge in [0.15, 0.2) is 5.82 Å². The molecule has 0 N–H and O–H groups in total. The number of hydrogen-bond acceptors (Lipinski definition) is 4. The SMILES string of the molecule is CCSc1ccccc1-c1nc(-c2ccccc2C)c2ncc(C(F)(F)F)cc2n1. The van der Waals surface area contributed by atoms with Gasteiger partial charge in [0, 0.05) is 22.2 Å². The third-order valence-corrected chi connectivity index (χ3v) is 5.65. The largest absolute Gasteiger partial charge is 0.417 e. The lowest BCUT2D eigenvalue weighted by Gasteiger charge is -2.13. The molecule has 7 heteroatoms. The second-order valence-electron chi connectivity index (χ2n) is 6.73. The molecule has 0 radical (unpaired) electrons. The van der Waals surface area contributed by atoms with E-state index in [1.807, 2.05) is 62.4 Å². The van der Waals surface area contributed by atoms with E-state index in [2.05, 4.69) is 9.97 Å². The highest BCUT2D eigenvalue weighted by atomic mass is 32.2. The van der Waals surface area contributed by atoms with Crippen molar-refractivity contribution in [2.75, 3.05) is 5.75 Å². The molecule has 0 aliphatic heterocycles. The summed E-state index contributed by atoms with van der Waals surface area (Å²) in [6.45, 7) is 3.98. The van der Waals surface area contributed by atoms with Gasteiger partial charge in [-0.25, -0.2) is 9.97 Å². The normalized spacial score (nSPS) is 11.8. The Balaban J connectivity index is 2.04. The lowest BCUT2D eigenvalue weighted by molar-refractivity contribution is -0.137. The van der Waals surface area contributed by atoms with Crippen LogP contribution in [0.1, 0.15) is 18.1 Å². The lowest BCUT2D eigenvalue weighted by atomic mass is 10.0. The van der Waals surface area contributed by atoms with Gasteiger partial charge < -0.3 is 0 Å². The van der Waals surface area contributed by atoms with E-state index < -0.39 is 11.7 Å².